The first kappa shape index (κ1) is 19.3. The molecule has 29 heavy (non-hydrogen) atoms. The molecule has 1 saturated heterocycles. The Balaban J connectivity index is 1.13. The van der Waals surface area contributed by atoms with Crippen molar-refractivity contribution in [2.45, 2.75) is 51.1 Å². The maximum absolute atomic E-state index is 12.4. The molecule has 0 atom stereocenters. The smallest absolute Gasteiger partial charge is 0.267 e. The zero-order valence-electron chi connectivity index (χ0n) is 16.9. The van der Waals surface area contributed by atoms with E-state index in [4.69, 9.17) is 0 Å². The average molecular weight is 416 g/mol. The van der Waals surface area contributed by atoms with E-state index in [9.17, 15) is 4.79 Å². The minimum atomic E-state index is 0.0430. The largest absolute Gasteiger partial charge is 0.314 e. The zero-order chi connectivity index (χ0) is 19.6. The minimum absolute atomic E-state index is 0.0430. The SMILES string of the molecule is O=c1cc2c(nn1CCN1CCN(Cc3nnc4n3CCCC4)CC1)CCSC2. The molecule has 3 aliphatic heterocycles. The number of rotatable bonds is 5. The van der Waals surface area contributed by atoms with Crippen LogP contribution in [-0.4, -0.2) is 72.8 Å². The van der Waals surface area contributed by atoms with Gasteiger partial charge in [-0.05, 0) is 24.2 Å². The fraction of sp³-hybridized carbons (Fsp3) is 0.700. The van der Waals surface area contributed by atoms with Gasteiger partial charge >= 0.3 is 0 Å². The van der Waals surface area contributed by atoms with E-state index in [-0.39, 0.29) is 5.56 Å². The molecule has 156 valence electrons. The van der Waals surface area contributed by atoms with Crippen LogP contribution in [0.3, 0.4) is 0 Å². The van der Waals surface area contributed by atoms with E-state index in [0.29, 0.717) is 6.54 Å². The second kappa shape index (κ2) is 8.57. The number of aromatic nitrogens is 5. The number of thioether (sulfide) groups is 1. The van der Waals surface area contributed by atoms with Crippen molar-refractivity contribution in [3.05, 3.63) is 39.3 Å². The van der Waals surface area contributed by atoms with Gasteiger partial charge in [0.1, 0.15) is 11.6 Å². The van der Waals surface area contributed by atoms with Crippen LogP contribution in [0.5, 0.6) is 0 Å². The summed E-state index contributed by atoms with van der Waals surface area (Å²) < 4.78 is 3.99. The highest BCUT2D eigenvalue weighted by atomic mass is 32.2. The van der Waals surface area contributed by atoms with Crippen molar-refractivity contribution in [2.75, 3.05) is 38.5 Å². The normalized spacial score (nSPS) is 20.4. The molecule has 9 heteroatoms. The van der Waals surface area contributed by atoms with Crippen LogP contribution in [0.4, 0.5) is 0 Å². The lowest BCUT2D eigenvalue weighted by Crippen LogP contribution is -2.47. The van der Waals surface area contributed by atoms with Crippen molar-refractivity contribution in [1.82, 2.24) is 34.3 Å². The second-order valence-electron chi connectivity index (χ2n) is 8.24. The van der Waals surface area contributed by atoms with E-state index < -0.39 is 0 Å². The quantitative estimate of drug-likeness (QED) is 0.715. The van der Waals surface area contributed by atoms with Crippen LogP contribution in [0.15, 0.2) is 10.9 Å². The molecule has 0 radical (unpaired) electrons. The Bertz CT molecular complexity index is 916. The lowest BCUT2D eigenvalue weighted by Gasteiger charge is -2.34. The Morgan fingerprint density at radius 1 is 0.966 bits per heavy atom. The zero-order valence-corrected chi connectivity index (χ0v) is 17.7. The molecule has 0 spiro atoms. The van der Waals surface area contributed by atoms with Crippen molar-refractivity contribution in [3.8, 4) is 0 Å². The van der Waals surface area contributed by atoms with E-state index in [0.717, 1.165) is 93.1 Å². The van der Waals surface area contributed by atoms with Crippen LogP contribution in [0.25, 0.3) is 0 Å². The summed E-state index contributed by atoms with van der Waals surface area (Å²) in [7, 11) is 0. The topological polar surface area (TPSA) is 72.1 Å². The molecule has 2 aromatic rings. The lowest BCUT2D eigenvalue weighted by atomic mass is 10.1. The Hall–Kier alpha value is -1.71. The lowest BCUT2D eigenvalue weighted by molar-refractivity contribution is 0.119. The second-order valence-corrected chi connectivity index (χ2v) is 9.34. The van der Waals surface area contributed by atoms with Crippen molar-refractivity contribution >= 4 is 11.8 Å². The van der Waals surface area contributed by atoms with Gasteiger partial charge < -0.3 is 4.57 Å². The van der Waals surface area contributed by atoms with Gasteiger partial charge in [0.05, 0.1) is 18.8 Å². The summed E-state index contributed by atoms with van der Waals surface area (Å²) >= 11 is 1.89. The predicted octanol–water partition coefficient (Wildman–Crippen LogP) is 0.778. The third kappa shape index (κ3) is 4.27. The molecule has 0 saturated carbocycles. The Morgan fingerprint density at radius 3 is 2.72 bits per heavy atom. The van der Waals surface area contributed by atoms with Gasteiger partial charge in [-0.3, -0.25) is 14.6 Å². The molecule has 0 bridgehead atoms. The van der Waals surface area contributed by atoms with E-state index in [2.05, 4.69) is 29.7 Å². The number of fused-ring (bicyclic) bond motifs is 2. The van der Waals surface area contributed by atoms with Gasteiger partial charge in [-0.1, -0.05) is 0 Å². The van der Waals surface area contributed by atoms with Gasteiger partial charge in [-0.25, -0.2) is 4.68 Å². The summed E-state index contributed by atoms with van der Waals surface area (Å²) in [5, 5.41) is 13.5. The number of hydrogen-bond donors (Lipinski definition) is 0. The summed E-state index contributed by atoms with van der Waals surface area (Å²) in [6.45, 7) is 7.64. The maximum atomic E-state index is 12.4. The summed E-state index contributed by atoms with van der Waals surface area (Å²) in [6, 6.07) is 1.80. The average Bonchev–Trinajstić information content (AvgIpc) is 3.16. The van der Waals surface area contributed by atoms with E-state index in [1.54, 1.807) is 10.7 Å². The molecule has 5 heterocycles. The number of piperazine rings is 1. The molecule has 0 amide bonds. The molecule has 1 fully saturated rings. The molecule has 0 aromatic carbocycles. The molecule has 8 nitrogen and oxygen atoms in total. The van der Waals surface area contributed by atoms with Gasteiger partial charge in [0.15, 0.2) is 0 Å². The first-order valence-electron chi connectivity index (χ1n) is 10.8. The Kier molecular flexibility index (Phi) is 5.69. The van der Waals surface area contributed by atoms with Gasteiger partial charge in [0.2, 0.25) is 0 Å². The summed E-state index contributed by atoms with van der Waals surface area (Å²) in [6.07, 6.45) is 4.51. The fourth-order valence-corrected chi connectivity index (χ4v) is 5.46. The monoisotopic (exact) mass is 415 g/mol. The van der Waals surface area contributed by atoms with Crippen molar-refractivity contribution in [1.29, 1.82) is 0 Å². The van der Waals surface area contributed by atoms with Gasteiger partial charge in [0, 0.05) is 63.9 Å². The maximum Gasteiger partial charge on any atom is 0.267 e. The molecule has 3 aliphatic rings. The van der Waals surface area contributed by atoms with Crippen LogP contribution >= 0.6 is 11.8 Å². The van der Waals surface area contributed by atoms with Crippen molar-refractivity contribution < 1.29 is 0 Å². The van der Waals surface area contributed by atoms with E-state index in [1.807, 2.05) is 11.8 Å². The minimum Gasteiger partial charge on any atom is -0.314 e. The van der Waals surface area contributed by atoms with E-state index >= 15 is 0 Å². The van der Waals surface area contributed by atoms with Gasteiger partial charge in [-0.15, -0.1) is 10.2 Å². The van der Waals surface area contributed by atoms with Gasteiger partial charge in [0.25, 0.3) is 5.56 Å². The molecule has 0 aliphatic carbocycles. The molecule has 5 rings (SSSR count). The molecular formula is C20H29N7OS. The van der Waals surface area contributed by atoms with E-state index in [1.165, 1.54) is 12.8 Å². The van der Waals surface area contributed by atoms with Crippen LogP contribution in [-0.2, 0) is 38.2 Å². The highest BCUT2D eigenvalue weighted by Crippen LogP contribution is 2.21. The van der Waals surface area contributed by atoms with Crippen LogP contribution < -0.4 is 5.56 Å². The Morgan fingerprint density at radius 2 is 1.83 bits per heavy atom. The number of nitrogens with zero attached hydrogens (tertiary/aromatic N) is 7. The highest BCUT2D eigenvalue weighted by Gasteiger charge is 2.22. The third-order valence-corrected chi connectivity index (χ3v) is 7.31. The van der Waals surface area contributed by atoms with Crippen molar-refractivity contribution in [2.24, 2.45) is 0 Å². The summed E-state index contributed by atoms with van der Waals surface area (Å²) in [5.41, 5.74) is 2.29. The number of aryl methyl sites for hydroxylation is 2. The first-order valence-corrected chi connectivity index (χ1v) is 11.9. The summed E-state index contributed by atoms with van der Waals surface area (Å²) in [5.74, 6) is 4.31. The molecule has 2 aromatic heterocycles. The predicted molar refractivity (Wildman–Crippen MR) is 113 cm³/mol. The van der Waals surface area contributed by atoms with Crippen LogP contribution in [0.2, 0.25) is 0 Å². The molecular weight excluding hydrogens is 386 g/mol. The first-order chi connectivity index (χ1) is 14.3. The standard InChI is InChI=1S/C20H29N7OS/c28-20-13-16-15-29-12-4-17(16)23-27(20)11-10-24-6-8-25(9-7-24)14-19-22-21-18-3-1-2-5-26(18)19/h13H,1-12,14-15H2. The fourth-order valence-electron chi connectivity index (χ4n) is 4.51. The van der Waals surface area contributed by atoms with Gasteiger partial charge in [-0.2, -0.15) is 16.9 Å². The third-order valence-electron chi connectivity index (χ3n) is 6.30. The molecule has 0 N–H and O–H groups in total. The number of hydrogen-bond acceptors (Lipinski definition) is 7. The highest BCUT2D eigenvalue weighted by molar-refractivity contribution is 7.98. The van der Waals surface area contributed by atoms with Crippen molar-refractivity contribution in [3.63, 3.8) is 0 Å². The summed E-state index contributed by atoms with van der Waals surface area (Å²) in [4.78, 5) is 17.3. The Labute approximate surface area is 175 Å². The molecule has 0 unspecified atom stereocenters. The van der Waals surface area contributed by atoms with Crippen LogP contribution in [0.1, 0.15) is 35.7 Å². The van der Waals surface area contributed by atoms with Crippen LogP contribution in [0, 0.1) is 0 Å².